The number of aromatic nitrogens is 2. The van der Waals surface area contributed by atoms with Gasteiger partial charge in [-0.25, -0.2) is 23.5 Å². The number of H-pyrrole nitrogens is 1. The van der Waals surface area contributed by atoms with Crippen LogP contribution in [0, 0.1) is 11.6 Å². The second kappa shape index (κ2) is 8.32. The molecule has 1 aromatic heterocycles. The molecule has 2 fully saturated rings. The van der Waals surface area contributed by atoms with E-state index in [0.29, 0.717) is 18.4 Å². The highest BCUT2D eigenvalue weighted by atomic mass is 19.1. The minimum absolute atomic E-state index is 0.0242. The number of aromatic amines is 1. The van der Waals surface area contributed by atoms with Crippen LogP contribution in [-0.2, 0) is 9.53 Å². The number of amides is 4. The van der Waals surface area contributed by atoms with E-state index in [2.05, 4.69) is 15.5 Å². The van der Waals surface area contributed by atoms with Crippen LogP contribution in [0.5, 0.6) is 0 Å². The highest BCUT2D eigenvalue weighted by Crippen LogP contribution is 2.52. The molecule has 1 saturated carbocycles. The van der Waals surface area contributed by atoms with Gasteiger partial charge in [-0.2, -0.15) is 5.10 Å². The summed E-state index contributed by atoms with van der Waals surface area (Å²) in [6, 6.07) is 4.12. The molecule has 1 aliphatic carbocycles. The van der Waals surface area contributed by atoms with Gasteiger partial charge in [0, 0.05) is 5.39 Å². The average Bonchev–Trinajstić information content (AvgIpc) is 3.10. The molecule has 2 aromatic carbocycles. The molecule has 6 rings (SSSR count). The lowest BCUT2D eigenvalue weighted by Gasteiger charge is -2.44. The van der Waals surface area contributed by atoms with Crippen molar-refractivity contribution in [2.45, 2.75) is 63.3 Å². The quantitative estimate of drug-likeness (QED) is 0.472. The standard InChI is InChI=1S/C27H25F2N5O5/c1-26(2,3)39-25(38)33-17-12-15(29)11-16-18(17)19(31-32-22(16)35)21(20(33)13-5-7-14(28)8-6-13)34-23(36)27(9-4-10-27)30-24(34)37/h5-8,11-12,20-21H,4,9-10H2,1-3H3,(H,30,37)(H,32,35). The number of hydrogen-bond donors (Lipinski definition) is 2. The van der Waals surface area contributed by atoms with Crippen molar-refractivity contribution in [1.29, 1.82) is 0 Å². The minimum Gasteiger partial charge on any atom is -0.443 e. The fourth-order valence-corrected chi connectivity index (χ4v) is 5.65. The molecule has 3 aromatic rings. The van der Waals surface area contributed by atoms with Crippen molar-refractivity contribution in [3.05, 3.63) is 69.6 Å². The molecular formula is C27H25F2N5O5. The van der Waals surface area contributed by atoms with E-state index in [4.69, 9.17) is 4.74 Å². The maximum absolute atomic E-state index is 14.9. The summed E-state index contributed by atoms with van der Waals surface area (Å²) in [6.07, 6.45) is 0.742. The number of benzene rings is 2. The topological polar surface area (TPSA) is 125 Å². The summed E-state index contributed by atoms with van der Waals surface area (Å²) in [4.78, 5) is 55.9. The molecule has 1 spiro atoms. The van der Waals surface area contributed by atoms with Crippen LogP contribution >= 0.6 is 0 Å². The molecule has 3 aliphatic rings. The molecule has 2 N–H and O–H groups in total. The Morgan fingerprint density at radius 3 is 2.33 bits per heavy atom. The number of nitrogens with zero attached hydrogens (tertiary/aromatic N) is 3. The van der Waals surface area contributed by atoms with Gasteiger partial charge in [-0.3, -0.25) is 19.4 Å². The van der Waals surface area contributed by atoms with Gasteiger partial charge < -0.3 is 10.1 Å². The first-order valence-electron chi connectivity index (χ1n) is 12.6. The monoisotopic (exact) mass is 537 g/mol. The number of carbonyl (C=O) groups excluding carboxylic acids is 3. The van der Waals surface area contributed by atoms with E-state index in [1.165, 1.54) is 24.3 Å². The molecule has 4 amide bonds. The van der Waals surface area contributed by atoms with Crippen molar-refractivity contribution < 1.29 is 27.9 Å². The van der Waals surface area contributed by atoms with E-state index in [0.717, 1.165) is 28.4 Å². The number of carbonyl (C=O) groups is 3. The van der Waals surface area contributed by atoms with Crippen molar-refractivity contribution in [3.8, 4) is 0 Å². The molecule has 2 atom stereocenters. The third kappa shape index (κ3) is 3.76. The van der Waals surface area contributed by atoms with Crippen molar-refractivity contribution in [3.63, 3.8) is 0 Å². The van der Waals surface area contributed by atoms with Crippen LogP contribution < -0.4 is 15.8 Å². The summed E-state index contributed by atoms with van der Waals surface area (Å²) in [5.41, 5.74) is -2.36. The Labute approximate surface area is 220 Å². The summed E-state index contributed by atoms with van der Waals surface area (Å²) in [7, 11) is 0. The number of nitrogens with one attached hydrogen (secondary N) is 2. The van der Waals surface area contributed by atoms with Gasteiger partial charge in [0.25, 0.3) is 11.5 Å². The Morgan fingerprint density at radius 1 is 1.05 bits per heavy atom. The highest BCUT2D eigenvalue weighted by Gasteiger charge is 2.60. The lowest BCUT2D eigenvalue weighted by molar-refractivity contribution is -0.136. The number of rotatable bonds is 2. The number of urea groups is 1. The summed E-state index contributed by atoms with van der Waals surface area (Å²) >= 11 is 0. The summed E-state index contributed by atoms with van der Waals surface area (Å²) in [6.45, 7) is 4.95. The van der Waals surface area contributed by atoms with Crippen molar-refractivity contribution in [1.82, 2.24) is 20.4 Å². The first-order chi connectivity index (χ1) is 18.4. The summed E-state index contributed by atoms with van der Waals surface area (Å²) < 4.78 is 34.6. The third-order valence-electron chi connectivity index (χ3n) is 7.46. The molecule has 39 heavy (non-hydrogen) atoms. The normalized spacial score (nSPS) is 21.8. The third-order valence-corrected chi connectivity index (χ3v) is 7.46. The Kier molecular flexibility index (Phi) is 5.33. The maximum Gasteiger partial charge on any atom is 0.415 e. The van der Waals surface area contributed by atoms with Gasteiger partial charge in [0.2, 0.25) is 0 Å². The Morgan fingerprint density at radius 2 is 1.74 bits per heavy atom. The maximum atomic E-state index is 14.9. The van der Waals surface area contributed by atoms with Crippen LogP contribution in [0.25, 0.3) is 10.8 Å². The predicted octanol–water partition coefficient (Wildman–Crippen LogP) is 4.21. The molecule has 0 bridgehead atoms. The van der Waals surface area contributed by atoms with Gasteiger partial charge in [0.05, 0.1) is 22.8 Å². The SMILES string of the molecule is CC(C)(C)OC(=O)N1c2cc(F)cc3c(=O)[nH]nc(c23)C(N2C(=O)NC3(CCC3)C2=O)C1c1ccc(F)cc1. The van der Waals surface area contributed by atoms with Gasteiger partial charge in [-0.1, -0.05) is 12.1 Å². The van der Waals surface area contributed by atoms with E-state index in [-0.39, 0.29) is 22.2 Å². The molecule has 0 radical (unpaired) electrons. The summed E-state index contributed by atoms with van der Waals surface area (Å²) in [5, 5.41) is 9.34. The molecule has 2 aliphatic heterocycles. The predicted molar refractivity (Wildman–Crippen MR) is 135 cm³/mol. The van der Waals surface area contributed by atoms with E-state index >= 15 is 0 Å². The fraction of sp³-hybridized carbons (Fsp3) is 0.370. The Bertz CT molecular complexity index is 1610. The first kappa shape index (κ1) is 25.0. The smallest absolute Gasteiger partial charge is 0.415 e. The Hall–Kier alpha value is -4.35. The van der Waals surface area contributed by atoms with Crippen molar-refractivity contribution in [2.24, 2.45) is 0 Å². The zero-order valence-electron chi connectivity index (χ0n) is 21.4. The first-order valence-corrected chi connectivity index (χ1v) is 12.6. The lowest BCUT2D eigenvalue weighted by atomic mass is 9.76. The molecule has 202 valence electrons. The number of ether oxygens (including phenoxy) is 1. The zero-order chi connectivity index (χ0) is 27.9. The second-order valence-corrected chi connectivity index (χ2v) is 11.1. The van der Waals surface area contributed by atoms with Crippen LogP contribution in [0.2, 0.25) is 0 Å². The van der Waals surface area contributed by atoms with Gasteiger partial charge in [-0.15, -0.1) is 0 Å². The van der Waals surface area contributed by atoms with Crippen LogP contribution in [0.1, 0.15) is 63.4 Å². The van der Waals surface area contributed by atoms with Gasteiger partial charge in [-0.05, 0) is 69.9 Å². The molecule has 1 saturated heterocycles. The zero-order valence-corrected chi connectivity index (χ0v) is 21.4. The largest absolute Gasteiger partial charge is 0.443 e. The minimum atomic E-state index is -1.26. The highest BCUT2D eigenvalue weighted by molar-refractivity contribution is 6.10. The van der Waals surface area contributed by atoms with Crippen LogP contribution in [0.4, 0.5) is 24.1 Å². The lowest BCUT2D eigenvalue weighted by Crippen LogP contribution is -2.54. The van der Waals surface area contributed by atoms with Crippen molar-refractivity contribution in [2.75, 3.05) is 4.90 Å². The second-order valence-electron chi connectivity index (χ2n) is 11.1. The van der Waals surface area contributed by atoms with E-state index in [9.17, 15) is 28.0 Å². The molecule has 10 nitrogen and oxygen atoms in total. The van der Waals surface area contributed by atoms with Gasteiger partial charge >= 0.3 is 12.1 Å². The molecule has 3 heterocycles. The van der Waals surface area contributed by atoms with E-state index < -0.39 is 58.4 Å². The Balaban J connectivity index is 1.67. The van der Waals surface area contributed by atoms with Crippen molar-refractivity contribution >= 4 is 34.5 Å². The fourth-order valence-electron chi connectivity index (χ4n) is 5.65. The van der Waals surface area contributed by atoms with Crippen LogP contribution in [-0.4, -0.2) is 44.3 Å². The van der Waals surface area contributed by atoms with E-state index in [1.807, 2.05) is 0 Å². The summed E-state index contributed by atoms with van der Waals surface area (Å²) in [5.74, 6) is -1.84. The van der Waals surface area contributed by atoms with Crippen LogP contribution in [0.15, 0.2) is 41.2 Å². The van der Waals surface area contributed by atoms with E-state index in [1.54, 1.807) is 20.8 Å². The number of hydrogen-bond acceptors (Lipinski definition) is 6. The molecule has 12 heteroatoms. The molecule has 2 unspecified atom stereocenters. The number of halogens is 2. The average molecular weight is 538 g/mol. The molecular weight excluding hydrogens is 512 g/mol. The number of anilines is 1. The van der Waals surface area contributed by atoms with Crippen LogP contribution in [0.3, 0.4) is 0 Å². The number of imide groups is 1. The van der Waals surface area contributed by atoms with Gasteiger partial charge in [0.15, 0.2) is 0 Å². The van der Waals surface area contributed by atoms with Gasteiger partial charge in [0.1, 0.15) is 28.8 Å².